The normalized spacial score (nSPS) is 10.5. The fourth-order valence-electron chi connectivity index (χ4n) is 1.95. The van der Waals surface area contributed by atoms with E-state index in [1.807, 2.05) is 48.1 Å². The van der Waals surface area contributed by atoms with Gasteiger partial charge in [0.1, 0.15) is 0 Å². The molecule has 0 aliphatic heterocycles. The number of hydrogen-bond donors (Lipinski definition) is 1. The minimum absolute atomic E-state index is 0.181. The second-order valence-electron chi connectivity index (χ2n) is 4.23. The number of nitrogens with zero attached hydrogens (tertiary/aromatic N) is 2. The van der Waals surface area contributed by atoms with Crippen LogP contribution in [0.25, 0.3) is 11.1 Å². The number of carboxylic acid groups (broad SMARTS) is 1. The molecule has 94 valence electrons. The van der Waals surface area contributed by atoms with E-state index >= 15 is 0 Å². The summed E-state index contributed by atoms with van der Waals surface area (Å²) in [5, 5.41) is 12.9. The maximum Gasteiger partial charge on any atom is 0.303 e. The summed E-state index contributed by atoms with van der Waals surface area (Å²) >= 11 is 0. The molecule has 0 aliphatic carbocycles. The van der Waals surface area contributed by atoms with Gasteiger partial charge in [-0.1, -0.05) is 30.3 Å². The van der Waals surface area contributed by atoms with Crippen LogP contribution in [0.4, 0.5) is 0 Å². The highest BCUT2D eigenvalue weighted by atomic mass is 16.4. The zero-order chi connectivity index (χ0) is 13.0. The van der Waals surface area contributed by atoms with E-state index in [4.69, 9.17) is 5.11 Å². The molecule has 1 N–H and O–H groups in total. The lowest BCUT2D eigenvalue weighted by Gasteiger charge is -2.04. The van der Waals surface area contributed by atoms with Gasteiger partial charge in [0.15, 0.2) is 0 Å². The van der Waals surface area contributed by atoms with Crippen LogP contribution in [0.1, 0.15) is 18.5 Å². The van der Waals surface area contributed by atoms with Crippen LogP contribution in [0.5, 0.6) is 0 Å². The maximum absolute atomic E-state index is 10.5. The number of hydrogen-bond acceptors (Lipinski definition) is 2. The van der Waals surface area contributed by atoms with Crippen molar-refractivity contribution in [2.75, 3.05) is 0 Å². The fourth-order valence-corrected chi connectivity index (χ4v) is 1.95. The van der Waals surface area contributed by atoms with Crippen molar-refractivity contribution in [2.45, 2.75) is 26.3 Å². The molecule has 0 saturated heterocycles. The number of carboxylic acids is 1. The molecular weight excluding hydrogens is 228 g/mol. The maximum atomic E-state index is 10.5. The number of rotatable bonds is 5. The first kappa shape index (κ1) is 12.4. The smallest absolute Gasteiger partial charge is 0.303 e. The Kier molecular flexibility index (Phi) is 3.77. The van der Waals surface area contributed by atoms with Gasteiger partial charge in [-0.3, -0.25) is 9.48 Å². The van der Waals surface area contributed by atoms with Crippen LogP contribution in [0.15, 0.2) is 36.5 Å². The molecular formula is C14H16N2O2. The van der Waals surface area contributed by atoms with E-state index in [1.54, 1.807) is 0 Å². The van der Waals surface area contributed by atoms with E-state index in [1.165, 1.54) is 0 Å². The monoisotopic (exact) mass is 244 g/mol. The molecule has 4 nitrogen and oxygen atoms in total. The summed E-state index contributed by atoms with van der Waals surface area (Å²) in [4.78, 5) is 10.5. The van der Waals surface area contributed by atoms with Gasteiger partial charge in [-0.25, -0.2) is 0 Å². The molecule has 1 heterocycles. The molecule has 1 aromatic carbocycles. The summed E-state index contributed by atoms with van der Waals surface area (Å²) < 4.78 is 1.87. The van der Waals surface area contributed by atoms with Gasteiger partial charge in [0.25, 0.3) is 0 Å². The number of aromatic nitrogens is 2. The Bertz CT molecular complexity index is 532. The molecule has 0 bridgehead atoms. The van der Waals surface area contributed by atoms with E-state index in [9.17, 15) is 4.79 Å². The molecule has 0 aliphatic rings. The first-order valence-electron chi connectivity index (χ1n) is 5.98. The van der Waals surface area contributed by atoms with Crippen LogP contribution in [-0.2, 0) is 11.3 Å². The van der Waals surface area contributed by atoms with Gasteiger partial charge in [-0.05, 0) is 18.9 Å². The standard InChI is InChI=1S/C14H16N2O2/c1-11-13(12-6-3-2-4-7-12)10-15-16(11)9-5-8-14(17)18/h2-4,6-7,10H,5,8-9H2,1H3,(H,17,18). The Morgan fingerprint density at radius 2 is 2.06 bits per heavy atom. The lowest BCUT2D eigenvalue weighted by atomic mass is 10.1. The molecule has 2 aromatic rings. The van der Waals surface area contributed by atoms with Crippen LogP contribution >= 0.6 is 0 Å². The van der Waals surface area contributed by atoms with E-state index in [0.717, 1.165) is 16.8 Å². The van der Waals surface area contributed by atoms with Gasteiger partial charge >= 0.3 is 5.97 Å². The predicted octanol–water partition coefficient (Wildman–Crippen LogP) is 2.72. The predicted molar refractivity (Wildman–Crippen MR) is 69.3 cm³/mol. The molecule has 1 aromatic heterocycles. The molecule has 2 rings (SSSR count). The van der Waals surface area contributed by atoms with Gasteiger partial charge in [0.2, 0.25) is 0 Å². The lowest BCUT2D eigenvalue weighted by molar-refractivity contribution is -0.137. The zero-order valence-corrected chi connectivity index (χ0v) is 10.3. The quantitative estimate of drug-likeness (QED) is 0.879. The van der Waals surface area contributed by atoms with Crippen LogP contribution in [0.2, 0.25) is 0 Å². The molecule has 0 spiro atoms. The van der Waals surface area contributed by atoms with Gasteiger partial charge < -0.3 is 5.11 Å². The van der Waals surface area contributed by atoms with Crippen molar-refractivity contribution in [3.05, 3.63) is 42.2 Å². The SMILES string of the molecule is Cc1c(-c2ccccc2)cnn1CCCC(=O)O. The summed E-state index contributed by atoms with van der Waals surface area (Å²) in [6, 6.07) is 10.1. The van der Waals surface area contributed by atoms with Crippen LogP contribution < -0.4 is 0 Å². The average Bonchev–Trinajstić information content (AvgIpc) is 2.72. The van der Waals surface area contributed by atoms with Crippen molar-refractivity contribution >= 4 is 5.97 Å². The second-order valence-corrected chi connectivity index (χ2v) is 4.23. The van der Waals surface area contributed by atoms with Gasteiger partial charge in [0, 0.05) is 24.2 Å². The third-order valence-corrected chi connectivity index (χ3v) is 2.95. The highest BCUT2D eigenvalue weighted by Gasteiger charge is 2.08. The summed E-state index contributed by atoms with van der Waals surface area (Å²) in [7, 11) is 0. The Balaban J connectivity index is 2.12. The van der Waals surface area contributed by atoms with E-state index in [2.05, 4.69) is 5.10 Å². The van der Waals surface area contributed by atoms with Crippen LogP contribution in [0.3, 0.4) is 0 Å². The van der Waals surface area contributed by atoms with Gasteiger partial charge in [-0.15, -0.1) is 0 Å². The van der Waals surface area contributed by atoms with Crippen molar-refractivity contribution in [1.29, 1.82) is 0 Å². The fraction of sp³-hybridized carbons (Fsp3) is 0.286. The number of aryl methyl sites for hydroxylation is 1. The molecule has 0 saturated carbocycles. The third-order valence-electron chi connectivity index (χ3n) is 2.95. The Hall–Kier alpha value is -2.10. The van der Waals surface area contributed by atoms with Crippen molar-refractivity contribution in [3.8, 4) is 11.1 Å². The molecule has 0 radical (unpaired) electrons. The Labute approximate surface area is 106 Å². The van der Waals surface area contributed by atoms with Gasteiger partial charge in [-0.2, -0.15) is 5.10 Å². The third kappa shape index (κ3) is 2.77. The number of carbonyl (C=O) groups is 1. The Morgan fingerprint density at radius 3 is 2.72 bits per heavy atom. The molecule has 0 fully saturated rings. The summed E-state index contributed by atoms with van der Waals surface area (Å²) in [5.74, 6) is -0.761. The zero-order valence-electron chi connectivity index (χ0n) is 10.3. The topological polar surface area (TPSA) is 55.1 Å². The van der Waals surface area contributed by atoms with Crippen LogP contribution in [0, 0.1) is 6.92 Å². The molecule has 0 amide bonds. The largest absolute Gasteiger partial charge is 0.481 e. The van der Waals surface area contributed by atoms with Crippen molar-refractivity contribution in [2.24, 2.45) is 0 Å². The number of aliphatic carboxylic acids is 1. The number of benzene rings is 1. The van der Waals surface area contributed by atoms with Gasteiger partial charge in [0.05, 0.1) is 6.20 Å². The van der Waals surface area contributed by atoms with E-state index in [0.29, 0.717) is 13.0 Å². The summed E-state index contributed by atoms with van der Waals surface area (Å²) in [5.41, 5.74) is 3.32. The molecule has 4 heteroatoms. The summed E-state index contributed by atoms with van der Waals surface area (Å²) in [6.45, 7) is 2.65. The van der Waals surface area contributed by atoms with E-state index < -0.39 is 5.97 Å². The first-order chi connectivity index (χ1) is 8.68. The highest BCUT2D eigenvalue weighted by Crippen LogP contribution is 2.22. The van der Waals surface area contributed by atoms with Crippen molar-refractivity contribution in [1.82, 2.24) is 9.78 Å². The van der Waals surface area contributed by atoms with Crippen molar-refractivity contribution in [3.63, 3.8) is 0 Å². The van der Waals surface area contributed by atoms with Crippen LogP contribution in [-0.4, -0.2) is 20.9 Å². The molecule has 18 heavy (non-hydrogen) atoms. The Morgan fingerprint density at radius 1 is 1.33 bits per heavy atom. The summed E-state index contributed by atoms with van der Waals surface area (Å²) in [6.07, 6.45) is 2.62. The minimum atomic E-state index is -0.761. The highest BCUT2D eigenvalue weighted by molar-refractivity contribution is 5.66. The molecule has 0 unspecified atom stereocenters. The molecule has 0 atom stereocenters. The minimum Gasteiger partial charge on any atom is -0.481 e. The second kappa shape index (κ2) is 5.49. The van der Waals surface area contributed by atoms with Crippen molar-refractivity contribution < 1.29 is 9.90 Å². The average molecular weight is 244 g/mol. The lowest BCUT2D eigenvalue weighted by Crippen LogP contribution is -2.05. The van der Waals surface area contributed by atoms with E-state index in [-0.39, 0.29) is 6.42 Å². The first-order valence-corrected chi connectivity index (χ1v) is 5.98.